The molecule has 1 heterocycles. The van der Waals surface area contributed by atoms with Crippen LogP contribution in [0.2, 0.25) is 5.02 Å². The Balaban J connectivity index is 1.69. The number of aryl methyl sites for hydroxylation is 1. The van der Waals surface area contributed by atoms with Gasteiger partial charge >= 0.3 is 0 Å². The summed E-state index contributed by atoms with van der Waals surface area (Å²) in [6.45, 7) is 3.20. The molecule has 0 bridgehead atoms. The highest BCUT2D eigenvalue weighted by molar-refractivity contribution is 6.31. The van der Waals surface area contributed by atoms with E-state index in [1.165, 1.54) is 11.1 Å². The Hall–Kier alpha value is -2.78. The molecule has 0 fully saturated rings. The van der Waals surface area contributed by atoms with E-state index in [1.54, 1.807) is 0 Å². The fourth-order valence-corrected chi connectivity index (χ4v) is 3.22. The molecule has 4 heteroatoms. The average molecular weight is 363 g/mol. The quantitative estimate of drug-likeness (QED) is 0.460. The van der Waals surface area contributed by atoms with Crippen molar-refractivity contribution in [1.82, 2.24) is 9.55 Å². The van der Waals surface area contributed by atoms with E-state index in [2.05, 4.69) is 29.7 Å². The van der Waals surface area contributed by atoms with Crippen molar-refractivity contribution in [2.45, 2.75) is 20.1 Å². The second-order valence-electron chi connectivity index (χ2n) is 6.34. The van der Waals surface area contributed by atoms with E-state index in [4.69, 9.17) is 21.3 Å². The molecule has 4 rings (SSSR count). The second-order valence-corrected chi connectivity index (χ2v) is 6.77. The monoisotopic (exact) mass is 362 g/mol. The smallest absolute Gasteiger partial charge is 0.148 e. The minimum absolute atomic E-state index is 0.405. The summed E-state index contributed by atoms with van der Waals surface area (Å²) in [7, 11) is 0. The molecule has 0 N–H and O–H groups in total. The van der Waals surface area contributed by atoms with E-state index < -0.39 is 0 Å². The summed E-state index contributed by atoms with van der Waals surface area (Å²) < 4.78 is 8.19. The summed E-state index contributed by atoms with van der Waals surface area (Å²) in [6, 6.07) is 24.2. The van der Waals surface area contributed by atoms with Gasteiger partial charge in [0.25, 0.3) is 0 Å². The normalized spacial score (nSPS) is 11.0. The maximum absolute atomic E-state index is 6.15. The molecule has 0 unspecified atom stereocenters. The molecule has 130 valence electrons. The number of rotatable bonds is 5. The van der Waals surface area contributed by atoms with Crippen LogP contribution in [-0.4, -0.2) is 9.55 Å². The van der Waals surface area contributed by atoms with Gasteiger partial charge in [0.15, 0.2) is 0 Å². The number of benzene rings is 3. The van der Waals surface area contributed by atoms with Gasteiger partial charge in [-0.1, -0.05) is 54.1 Å². The molecule has 0 atom stereocenters. The highest BCUT2D eigenvalue weighted by atomic mass is 35.5. The molecule has 0 saturated heterocycles. The van der Waals surface area contributed by atoms with Crippen LogP contribution in [0.3, 0.4) is 0 Å². The third-order valence-corrected chi connectivity index (χ3v) is 4.57. The number of imidazole rings is 1. The number of hydrogen-bond donors (Lipinski definition) is 0. The molecule has 0 aliphatic carbocycles. The summed E-state index contributed by atoms with van der Waals surface area (Å²) in [4.78, 5) is 4.76. The lowest BCUT2D eigenvalue weighted by Crippen LogP contribution is -2.08. The molecule has 3 aromatic carbocycles. The molecule has 0 aliphatic heterocycles. The lowest BCUT2D eigenvalue weighted by molar-refractivity contribution is 0.291. The zero-order valence-electron chi connectivity index (χ0n) is 14.5. The molecule has 0 aliphatic rings. The predicted octanol–water partition coefficient (Wildman–Crippen LogP) is 5.63. The minimum Gasteiger partial charge on any atom is -0.486 e. The molecule has 1 aromatic heterocycles. The van der Waals surface area contributed by atoms with Gasteiger partial charge in [-0.05, 0) is 48.4 Å². The Bertz CT molecular complexity index is 1040. The zero-order chi connectivity index (χ0) is 17.9. The van der Waals surface area contributed by atoms with Gasteiger partial charge in [-0.3, -0.25) is 0 Å². The Kier molecular flexibility index (Phi) is 4.63. The number of ether oxygens (including phenoxy) is 1. The van der Waals surface area contributed by atoms with Crippen LogP contribution in [0.25, 0.3) is 11.0 Å². The van der Waals surface area contributed by atoms with E-state index in [1.807, 2.05) is 54.6 Å². The van der Waals surface area contributed by atoms with Crippen LogP contribution in [0.1, 0.15) is 17.0 Å². The van der Waals surface area contributed by atoms with Gasteiger partial charge in [-0.2, -0.15) is 0 Å². The van der Waals surface area contributed by atoms with E-state index in [0.717, 1.165) is 29.2 Å². The van der Waals surface area contributed by atoms with Crippen molar-refractivity contribution in [2.75, 3.05) is 0 Å². The van der Waals surface area contributed by atoms with Gasteiger partial charge in [-0.15, -0.1) is 0 Å². The van der Waals surface area contributed by atoms with Crippen LogP contribution < -0.4 is 4.74 Å². The number of hydrogen-bond acceptors (Lipinski definition) is 2. The van der Waals surface area contributed by atoms with Crippen molar-refractivity contribution in [3.05, 3.63) is 94.8 Å². The van der Waals surface area contributed by atoms with Gasteiger partial charge in [0.1, 0.15) is 18.2 Å². The number of fused-ring (bicyclic) bond motifs is 1. The number of halogens is 1. The predicted molar refractivity (Wildman–Crippen MR) is 106 cm³/mol. The highest BCUT2D eigenvalue weighted by Crippen LogP contribution is 2.23. The Morgan fingerprint density at radius 3 is 2.62 bits per heavy atom. The summed E-state index contributed by atoms with van der Waals surface area (Å²) >= 11 is 6.15. The molecule has 4 aromatic rings. The maximum atomic E-state index is 6.15. The summed E-state index contributed by atoms with van der Waals surface area (Å²) in [5, 5.41) is 0.688. The maximum Gasteiger partial charge on any atom is 0.148 e. The third kappa shape index (κ3) is 3.58. The summed E-state index contributed by atoms with van der Waals surface area (Å²) in [5.74, 6) is 1.73. The second kappa shape index (κ2) is 7.22. The largest absolute Gasteiger partial charge is 0.486 e. The Labute approximate surface area is 157 Å². The summed E-state index contributed by atoms with van der Waals surface area (Å²) in [5.41, 5.74) is 4.34. The first-order valence-corrected chi connectivity index (χ1v) is 8.95. The zero-order valence-corrected chi connectivity index (χ0v) is 15.3. The van der Waals surface area contributed by atoms with Crippen molar-refractivity contribution in [1.29, 1.82) is 0 Å². The lowest BCUT2D eigenvalue weighted by Gasteiger charge is -2.11. The topological polar surface area (TPSA) is 27.1 Å². The van der Waals surface area contributed by atoms with Crippen LogP contribution in [0.4, 0.5) is 0 Å². The van der Waals surface area contributed by atoms with Gasteiger partial charge < -0.3 is 9.30 Å². The fraction of sp³-hybridized carbons (Fsp3) is 0.136. The van der Waals surface area contributed by atoms with Gasteiger partial charge in [0.2, 0.25) is 0 Å². The third-order valence-electron chi connectivity index (χ3n) is 4.33. The molecule has 0 saturated carbocycles. The van der Waals surface area contributed by atoms with Crippen molar-refractivity contribution >= 4 is 22.6 Å². The van der Waals surface area contributed by atoms with E-state index in [-0.39, 0.29) is 0 Å². The van der Waals surface area contributed by atoms with Crippen molar-refractivity contribution < 1.29 is 4.74 Å². The van der Waals surface area contributed by atoms with Crippen molar-refractivity contribution in [2.24, 2.45) is 0 Å². The van der Waals surface area contributed by atoms with Crippen molar-refractivity contribution in [3.63, 3.8) is 0 Å². The first-order chi connectivity index (χ1) is 12.7. The van der Waals surface area contributed by atoms with Crippen LogP contribution in [-0.2, 0) is 13.2 Å². The van der Waals surface area contributed by atoms with Crippen LogP contribution in [0, 0.1) is 6.92 Å². The molecule has 0 spiro atoms. The van der Waals surface area contributed by atoms with Crippen LogP contribution in [0.15, 0.2) is 72.8 Å². The van der Waals surface area contributed by atoms with E-state index >= 15 is 0 Å². The lowest BCUT2D eigenvalue weighted by atomic mass is 10.2. The Morgan fingerprint density at radius 2 is 1.81 bits per heavy atom. The average Bonchev–Trinajstić information content (AvgIpc) is 2.97. The molecular weight excluding hydrogens is 344 g/mol. The number of nitrogens with zero attached hydrogens (tertiary/aromatic N) is 2. The standard InChI is InChI=1S/C22H19ClN2O/c1-16-6-5-9-19(12-16)26-15-22-24-20-13-18(23)10-11-21(20)25(22)14-17-7-3-2-4-8-17/h2-13H,14-15H2,1H3. The van der Waals surface area contributed by atoms with Gasteiger partial charge in [-0.25, -0.2) is 4.98 Å². The van der Waals surface area contributed by atoms with Gasteiger partial charge in [0, 0.05) is 11.6 Å². The first-order valence-electron chi connectivity index (χ1n) is 8.57. The fourth-order valence-electron chi connectivity index (χ4n) is 3.06. The minimum atomic E-state index is 0.405. The molecule has 0 amide bonds. The molecule has 3 nitrogen and oxygen atoms in total. The van der Waals surface area contributed by atoms with Crippen LogP contribution in [0.5, 0.6) is 5.75 Å². The SMILES string of the molecule is Cc1cccc(OCc2nc3cc(Cl)ccc3n2Cc2ccccc2)c1. The van der Waals surface area contributed by atoms with Gasteiger partial charge in [0.05, 0.1) is 11.0 Å². The van der Waals surface area contributed by atoms with Crippen molar-refractivity contribution in [3.8, 4) is 5.75 Å². The molecule has 26 heavy (non-hydrogen) atoms. The van der Waals surface area contributed by atoms with E-state index in [9.17, 15) is 0 Å². The molecular formula is C22H19ClN2O. The number of aromatic nitrogens is 2. The van der Waals surface area contributed by atoms with Crippen LogP contribution >= 0.6 is 11.6 Å². The summed E-state index contributed by atoms with van der Waals surface area (Å²) in [6.07, 6.45) is 0. The highest BCUT2D eigenvalue weighted by Gasteiger charge is 2.12. The van der Waals surface area contributed by atoms with E-state index in [0.29, 0.717) is 11.6 Å². The Morgan fingerprint density at radius 1 is 0.962 bits per heavy atom. The first kappa shape index (κ1) is 16.7. The molecule has 0 radical (unpaired) electrons.